The molecule has 0 aliphatic rings. The Bertz CT molecular complexity index is 1400. The van der Waals surface area contributed by atoms with Gasteiger partial charge in [0.15, 0.2) is 0 Å². The highest BCUT2D eigenvalue weighted by atomic mass is 16.5. The van der Waals surface area contributed by atoms with Crippen molar-refractivity contribution in [2.75, 3.05) is 0 Å². The van der Waals surface area contributed by atoms with Crippen molar-refractivity contribution in [2.45, 2.75) is 20.8 Å². The summed E-state index contributed by atoms with van der Waals surface area (Å²) in [7, 11) is 0. The summed E-state index contributed by atoms with van der Waals surface area (Å²) < 4.78 is 5.38. The highest BCUT2D eigenvalue weighted by Gasteiger charge is 2.18. The van der Waals surface area contributed by atoms with Gasteiger partial charge in [0, 0.05) is 11.1 Å². The number of nitrogens with one attached hydrogen (secondary N) is 2. The maximum Gasteiger partial charge on any atom is 0.323 e. The van der Waals surface area contributed by atoms with E-state index in [1.807, 2.05) is 32.0 Å². The number of H-pyrrole nitrogens is 2. The summed E-state index contributed by atoms with van der Waals surface area (Å²) in [5.74, 6) is 0.760. The van der Waals surface area contributed by atoms with Crippen LogP contribution in [0.2, 0.25) is 0 Å². The molecule has 5 aromatic rings. The van der Waals surface area contributed by atoms with Gasteiger partial charge in [-0.3, -0.25) is 0 Å². The fourth-order valence-corrected chi connectivity index (χ4v) is 4.12. The zero-order valence-corrected chi connectivity index (χ0v) is 15.9. The van der Waals surface area contributed by atoms with Gasteiger partial charge in [-0.1, -0.05) is 41.6 Å². The molecular formula is C23H19N3O2. The number of fused-ring (bicyclic) bond motifs is 2. The molecule has 0 unspecified atom stereocenters. The molecule has 0 spiro atoms. The van der Waals surface area contributed by atoms with Crippen molar-refractivity contribution >= 4 is 21.8 Å². The van der Waals surface area contributed by atoms with E-state index < -0.39 is 0 Å². The molecule has 0 atom stereocenters. The number of aromatic amines is 2. The first-order valence-electron chi connectivity index (χ1n) is 9.21. The third-order valence-corrected chi connectivity index (χ3v) is 5.35. The monoisotopic (exact) mass is 369 g/mol. The highest BCUT2D eigenvalue weighted by Crippen LogP contribution is 2.39. The third kappa shape index (κ3) is 2.40. The Morgan fingerprint density at radius 3 is 2.54 bits per heavy atom. The van der Waals surface area contributed by atoms with Crippen molar-refractivity contribution < 1.29 is 4.52 Å². The molecule has 0 aliphatic carbocycles. The summed E-state index contributed by atoms with van der Waals surface area (Å²) in [6.07, 6.45) is 0. The normalized spacial score (nSPS) is 11.5. The smallest absolute Gasteiger partial charge is 0.323 e. The van der Waals surface area contributed by atoms with Gasteiger partial charge >= 0.3 is 5.69 Å². The first kappa shape index (κ1) is 16.6. The van der Waals surface area contributed by atoms with E-state index in [0.29, 0.717) is 0 Å². The molecule has 0 aliphatic heterocycles. The van der Waals surface area contributed by atoms with Gasteiger partial charge in [-0.15, -0.1) is 0 Å². The number of imidazole rings is 1. The molecule has 5 nitrogen and oxygen atoms in total. The lowest BCUT2D eigenvalue weighted by molar-refractivity contribution is 0.393. The minimum atomic E-state index is -0.218. The lowest BCUT2D eigenvalue weighted by atomic mass is 9.90. The van der Waals surface area contributed by atoms with Gasteiger partial charge in [-0.2, -0.15) is 0 Å². The molecule has 5 rings (SSSR count). The first-order valence-corrected chi connectivity index (χ1v) is 9.21. The number of benzene rings is 3. The van der Waals surface area contributed by atoms with Gasteiger partial charge in [-0.05, 0) is 60.4 Å². The molecule has 0 saturated carbocycles. The first-order chi connectivity index (χ1) is 13.5. The summed E-state index contributed by atoms with van der Waals surface area (Å²) >= 11 is 0. The van der Waals surface area contributed by atoms with E-state index in [0.717, 1.165) is 61.1 Å². The quantitative estimate of drug-likeness (QED) is 0.446. The van der Waals surface area contributed by atoms with Crippen LogP contribution in [0.1, 0.15) is 17.0 Å². The molecule has 5 heteroatoms. The largest absolute Gasteiger partial charge is 0.361 e. The Kier molecular flexibility index (Phi) is 3.52. The zero-order chi connectivity index (χ0) is 19.4. The summed E-state index contributed by atoms with van der Waals surface area (Å²) in [6.45, 7) is 5.93. The Balaban J connectivity index is 1.93. The van der Waals surface area contributed by atoms with Crippen LogP contribution in [0.4, 0.5) is 0 Å². The number of hydrogen-bond acceptors (Lipinski definition) is 3. The van der Waals surface area contributed by atoms with Gasteiger partial charge in [0.25, 0.3) is 0 Å². The van der Waals surface area contributed by atoms with Crippen LogP contribution in [-0.2, 0) is 0 Å². The Morgan fingerprint density at radius 2 is 1.75 bits per heavy atom. The van der Waals surface area contributed by atoms with Crippen molar-refractivity contribution in [3.63, 3.8) is 0 Å². The van der Waals surface area contributed by atoms with E-state index in [1.54, 1.807) is 0 Å². The molecule has 0 fully saturated rings. The van der Waals surface area contributed by atoms with Crippen molar-refractivity contribution in [1.82, 2.24) is 15.1 Å². The molecule has 0 bridgehead atoms. The van der Waals surface area contributed by atoms with Crippen molar-refractivity contribution in [3.8, 4) is 22.3 Å². The van der Waals surface area contributed by atoms with E-state index in [2.05, 4.69) is 52.4 Å². The van der Waals surface area contributed by atoms with Crippen molar-refractivity contribution in [1.29, 1.82) is 0 Å². The number of aryl methyl sites for hydroxylation is 3. The molecule has 2 heterocycles. The maximum absolute atomic E-state index is 12.1. The van der Waals surface area contributed by atoms with Crippen molar-refractivity contribution in [2.24, 2.45) is 0 Å². The lowest BCUT2D eigenvalue weighted by Gasteiger charge is -2.13. The highest BCUT2D eigenvalue weighted by molar-refractivity contribution is 6.06. The molecule has 3 aromatic carbocycles. The molecule has 28 heavy (non-hydrogen) atoms. The van der Waals surface area contributed by atoms with Gasteiger partial charge in [-0.25, -0.2) is 4.79 Å². The Hall–Kier alpha value is -3.60. The third-order valence-electron chi connectivity index (χ3n) is 5.35. The van der Waals surface area contributed by atoms with E-state index in [-0.39, 0.29) is 5.69 Å². The topological polar surface area (TPSA) is 74.7 Å². The maximum atomic E-state index is 12.1. The second-order valence-electron chi connectivity index (χ2n) is 7.20. The van der Waals surface area contributed by atoms with Crippen LogP contribution in [0.3, 0.4) is 0 Å². The molecule has 0 radical (unpaired) electrons. The minimum absolute atomic E-state index is 0.218. The summed E-state index contributed by atoms with van der Waals surface area (Å²) in [5.41, 5.74) is 7.37. The zero-order valence-electron chi connectivity index (χ0n) is 15.9. The molecule has 138 valence electrons. The van der Waals surface area contributed by atoms with E-state index in [4.69, 9.17) is 4.52 Å². The second kappa shape index (κ2) is 5.96. The Morgan fingerprint density at radius 1 is 0.929 bits per heavy atom. The minimum Gasteiger partial charge on any atom is -0.361 e. The molecular weight excluding hydrogens is 350 g/mol. The van der Waals surface area contributed by atoms with E-state index >= 15 is 0 Å². The average molecular weight is 369 g/mol. The lowest BCUT2D eigenvalue weighted by Crippen LogP contribution is -1.99. The van der Waals surface area contributed by atoms with Gasteiger partial charge < -0.3 is 14.5 Å². The predicted molar refractivity (Wildman–Crippen MR) is 112 cm³/mol. The summed E-state index contributed by atoms with van der Waals surface area (Å²) in [4.78, 5) is 18.0. The molecule has 0 saturated heterocycles. The van der Waals surface area contributed by atoms with Crippen LogP contribution >= 0.6 is 0 Å². The SMILES string of the molecule is Cc1ccc2ccccc2c1-c1cc(-c2c(C)noc2C)cc2[nH]c(=O)[nH]c12. The predicted octanol–water partition coefficient (Wildman–Crippen LogP) is 5.26. The second-order valence-corrected chi connectivity index (χ2v) is 7.20. The summed E-state index contributed by atoms with van der Waals surface area (Å²) in [6, 6.07) is 16.7. The van der Waals surface area contributed by atoms with Crippen LogP contribution in [0.5, 0.6) is 0 Å². The molecule has 0 amide bonds. The average Bonchev–Trinajstić information content (AvgIpc) is 3.22. The molecule has 2 N–H and O–H groups in total. The Labute approximate surface area is 161 Å². The van der Waals surface area contributed by atoms with Crippen molar-refractivity contribution in [3.05, 3.63) is 76.0 Å². The number of hydrogen-bond donors (Lipinski definition) is 2. The summed E-state index contributed by atoms with van der Waals surface area (Å²) in [5, 5.41) is 6.41. The van der Waals surface area contributed by atoms with Gasteiger partial charge in [0.05, 0.1) is 16.7 Å². The van der Waals surface area contributed by atoms with Gasteiger partial charge in [0.1, 0.15) is 5.76 Å². The van der Waals surface area contributed by atoms with Crippen LogP contribution < -0.4 is 5.69 Å². The van der Waals surface area contributed by atoms with E-state index in [1.165, 1.54) is 0 Å². The van der Waals surface area contributed by atoms with Crippen LogP contribution in [0.15, 0.2) is 57.8 Å². The van der Waals surface area contributed by atoms with Crippen LogP contribution in [-0.4, -0.2) is 15.1 Å². The number of nitrogens with zero attached hydrogens (tertiary/aromatic N) is 1. The van der Waals surface area contributed by atoms with Crippen LogP contribution in [0, 0.1) is 20.8 Å². The fraction of sp³-hybridized carbons (Fsp3) is 0.130. The van der Waals surface area contributed by atoms with Crippen LogP contribution in [0.25, 0.3) is 44.1 Å². The fourth-order valence-electron chi connectivity index (χ4n) is 4.12. The number of aromatic nitrogens is 3. The van der Waals surface area contributed by atoms with E-state index in [9.17, 15) is 4.79 Å². The standard InChI is InChI=1S/C23H19N3O2/c1-12-8-9-15-6-4-5-7-17(15)20(12)18-10-16(21-13(2)26-28-14(21)3)11-19-22(18)25-23(27)24-19/h4-11H,1-3H3,(H2,24,25,27). The van der Waals surface area contributed by atoms with Gasteiger partial charge in [0.2, 0.25) is 0 Å². The molecule has 2 aromatic heterocycles. The number of rotatable bonds is 2.